The molecule has 3 aromatic rings. The van der Waals surface area contributed by atoms with Crippen molar-refractivity contribution in [2.24, 2.45) is 0 Å². The second kappa shape index (κ2) is 8.67. The van der Waals surface area contributed by atoms with Gasteiger partial charge >= 0.3 is 5.97 Å². The number of halogens is 3. The zero-order valence-electron chi connectivity index (χ0n) is 16.4. The second-order valence-electron chi connectivity index (χ2n) is 7.29. The van der Waals surface area contributed by atoms with Crippen LogP contribution in [0, 0.1) is 17.5 Å². The molecule has 4 rings (SSSR count). The fraction of sp³-hybridized carbons (Fsp3) is 0.217. The van der Waals surface area contributed by atoms with E-state index >= 15 is 0 Å². The van der Waals surface area contributed by atoms with E-state index < -0.39 is 23.4 Å². The minimum Gasteiger partial charge on any atom is -0.488 e. The number of carbonyl (C=O) groups is 1. The van der Waals surface area contributed by atoms with Crippen molar-refractivity contribution < 1.29 is 27.8 Å². The van der Waals surface area contributed by atoms with Crippen LogP contribution in [0.15, 0.2) is 48.8 Å². The van der Waals surface area contributed by atoms with Crippen LogP contribution >= 0.6 is 0 Å². The number of rotatable bonds is 6. The fourth-order valence-electron chi connectivity index (χ4n) is 3.74. The molecule has 1 aliphatic heterocycles. The Kier molecular flexibility index (Phi) is 5.79. The Balaban J connectivity index is 1.59. The van der Waals surface area contributed by atoms with Crippen LogP contribution in [0.1, 0.15) is 33.5 Å². The first-order valence-corrected chi connectivity index (χ1v) is 9.72. The topological polar surface area (TPSA) is 62.7 Å². The van der Waals surface area contributed by atoms with E-state index in [1.54, 1.807) is 6.20 Å². The second-order valence-corrected chi connectivity index (χ2v) is 7.29. The normalized spacial score (nSPS) is 13.1. The van der Waals surface area contributed by atoms with Gasteiger partial charge in [-0.3, -0.25) is 4.98 Å². The first-order valence-electron chi connectivity index (χ1n) is 9.72. The van der Waals surface area contributed by atoms with Gasteiger partial charge in [0.15, 0.2) is 0 Å². The van der Waals surface area contributed by atoms with Crippen molar-refractivity contribution in [2.45, 2.75) is 26.0 Å². The van der Waals surface area contributed by atoms with Crippen LogP contribution in [0.25, 0.3) is 0 Å². The van der Waals surface area contributed by atoms with Gasteiger partial charge in [-0.25, -0.2) is 18.0 Å². The minimum absolute atomic E-state index is 0.147. The summed E-state index contributed by atoms with van der Waals surface area (Å²) in [4.78, 5) is 17.5. The van der Waals surface area contributed by atoms with Crippen LogP contribution in [0.3, 0.4) is 0 Å². The zero-order chi connectivity index (χ0) is 22.0. The van der Waals surface area contributed by atoms with Gasteiger partial charge in [0.25, 0.3) is 0 Å². The molecule has 160 valence electrons. The number of hydrogen-bond donors (Lipinski definition) is 1. The van der Waals surface area contributed by atoms with Crippen LogP contribution in [0.2, 0.25) is 0 Å². The van der Waals surface area contributed by atoms with Crippen molar-refractivity contribution in [3.63, 3.8) is 0 Å². The van der Waals surface area contributed by atoms with Gasteiger partial charge in [-0.05, 0) is 48.7 Å². The standard InChI is InChI=1S/C23H19F3N2O3/c24-16-5-6-22(31-13-14-3-4-17(25)9-20(14)26)15(8-16)12-28-7-1-2-18-19(23(29)30)10-27-11-21(18)28/h3-6,8-11H,1-2,7,12-13H2,(H,29,30). The molecule has 0 atom stereocenters. The molecule has 0 saturated carbocycles. The lowest BCUT2D eigenvalue weighted by molar-refractivity contribution is 0.0695. The number of aromatic nitrogens is 1. The van der Waals surface area contributed by atoms with E-state index in [9.17, 15) is 23.1 Å². The van der Waals surface area contributed by atoms with Crippen LogP contribution in [0.5, 0.6) is 5.75 Å². The highest BCUT2D eigenvalue weighted by Crippen LogP contribution is 2.32. The molecular weight excluding hydrogens is 409 g/mol. The van der Waals surface area contributed by atoms with Gasteiger partial charge in [0.05, 0.1) is 17.4 Å². The summed E-state index contributed by atoms with van der Waals surface area (Å²) in [5, 5.41) is 9.43. The van der Waals surface area contributed by atoms with E-state index in [-0.39, 0.29) is 24.3 Å². The Morgan fingerprint density at radius 1 is 1.06 bits per heavy atom. The average molecular weight is 428 g/mol. The molecule has 0 fully saturated rings. The zero-order valence-corrected chi connectivity index (χ0v) is 16.4. The number of aromatic carboxylic acids is 1. The molecular formula is C23H19F3N2O3. The van der Waals surface area contributed by atoms with Gasteiger partial charge in [-0.15, -0.1) is 0 Å². The van der Waals surface area contributed by atoms with Crippen LogP contribution < -0.4 is 9.64 Å². The molecule has 8 heteroatoms. The maximum Gasteiger partial charge on any atom is 0.337 e. The van der Waals surface area contributed by atoms with E-state index in [2.05, 4.69) is 4.98 Å². The molecule has 1 N–H and O–H groups in total. The Labute approximate surface area is 176 Å². The van der Waals surface area contributed by atoms with Crippen molar-refractivity contribution in [1.82, 2.24) is 4.98 Å². The van der Waals surface area contributed by atoms with Crippen LogP contribution in [-0.2, 0) is 19.6 Å². The van der Waals surface area contributed by atoms with Crippen molar-refractivity contribution in [1.29, 1.82) is 0 Å². The van der Waals surface area contributed by atoms with Gasteiger partial charge in [0, 0.05) is 36.5 Å². The van der Waals surface area contributed by atoms with Crippen molar-refractivity contribution >= 4 is 11.7 Å². The monoisotopic (exact) mass is 428 g/mol. The first-order chi connectivity index (χ1) is 14.9. The first kappa shape index (κ1) is 20.7. The number of benzene rings is 2. The van der Waals surface area contributed by atoms with E-state index in [1.165, 1.54) is 30.5 Å². The molecule has 0 bridgehead atoms. The molecule has 5 nitrogen and oxygen atoms in total. The number of carboxylic acids is 1. The van der Waals surface area contributed by atoms with Crippen LogP contribution in [-0.4, -0.2) is 22.6 Å². The van der Waals surface area contributed by atoms with Gasteiger partial charge in [-0.2, -0.15) is 0 Å². The number of fused-ring (bicyclic) bond motifs is 1. The highest BCUT2D eigenvalue weighted by atomic mass is 19.1. The maximum absolute atomic E-state index is 14.0. The predicted molar refractivity (Wildman–Crippen MR) is 108 cm³/mol. The number of anilines is 1. The van der Waals surface area contributed by atoms with Crippen molar-refractivity contribution in [3.05, 3.63) is 88.5 Å². The lowest BCUT2D eigenvalue weighted by Crippen LogP contribution is -2.30. The highest BCUT2D eigenvalue weighted by Gasteiger charge is 2.24. The SMILES string of the molecule is O=C(O)c1cncc2c1CCCN2Cc1cc(F)ccc1OCc1ccc(F)cc1F. The molecule has 0 unspecified atom stereocenters. The van der Waals surface area contributed by atoms with E-state index in [4.69, 9.17) is 4.74 Å². The van der Waals surface area contributed by atoms with E-state index in [0.29, 0.717) is 35.5 Å². The third kappa shape index (κ3) is 4.47. The average Bonchev–Trinajstić information content (AvgIpc) is 2.74. The summed E-state index contributed by atoms with van der Waals surface area (Å²) < 4.78 is 46.7. The summed E-state index contributed by atoms with van der Waals surface area (Å²) in [7, 11) is 0. The Hall–Kier alpha value is -3.55. The Bertz CT molecular complexity index is 1140. The van der Waals surface area contributed by atoms with Gasteiger partial charge < -0.3 is 14.7 Å². The molecule has 1 aromatic heterocycles. The number of pyridine rings is 1. The fourth-order valence-corrected chi connectivity index (χ4v) is 3.74. The summed E-state index contributed by atoms with van der Waals surface area (Å²) in [6.07, 6.45) is 4.29. The molecule has 0 radical (unpaired) electrons. The number of nitrogens with zero attached hydrogens (tertiary/aromatic N) is 2. The molecule has 0 aliphatic carbocycles. The molecule has 0 amide bonds. The summed E-state index contributed by atoms with van der Waals surface area (Å²) in [5.41, 5.74) is 2.24. The summed E-state index contributed by atoms with van der Waals surface area (Å²) in [5.74, 6) is -2.53. The highest BCUT2D eigenvalue weighted by molar-refractivity contribution is 5.91. The lowest BCUT2D eigenvalue weighted by atomic mass is 9.98. The van der Waals surface area contributed by atoms with E-state index in [0.717, 1.165) is 18.6 Å². The maximum atomic E-state index is 14.0. The molecule has 0 saturated heterocycles. The molecule has 2 heterocycles. The van der Waals surface area contributed by atoms with Gasteiger partial charge in [-0.1, -0.05) is 0 Å². The summed E-state index contributed by atoms with van der Waals surface area (Å²) in [6.45, 7) is 0.753. The third-order valence-electron chi connectivity index (χ3n) is 5.24. The largest absolute Gasteiger partial charge is 0.488 e. The quantitative estimate of drug-likeness (QED) is 0.615. The number of ether oxygens (including phenoxy) is 1. The molecule has 31 heavy (non-hydrogen) atoms. The van der Waals surface area contributed by atoms with E-state index in [1.807, 2.05) is 4.90 Å². The number of hydrogen-bond acceptors (Lipinski definition) is 4. The molecule has 2 aromatic carbocycles. The molecule has 1 aliphatic rings. The van der Waals surface area contributed by atoms with Crippen molar-refractivity contribution in [3.8, 4) is 5.75 Å². The predicted octanol–water partition coefficient (Wildman–Crippen LogP) is 4.73. The summed E-state index contributed by atoms with van der Waals surface area (Å²) in [6, 6.07) is 7.26. The Morgan fingerprint density at radius 2 is 1.84 bits per heavy atom. The van der Waals surface area contributed by atoms with Crippen molar-refractivity contribution in [2.75, 3.05) is 11.4 Å². The smallest absolute Gasteiger partial charge is 0.337 e. The van der Waals surface area contributed by atoms with Gasteiger partial charge in [0.2, 0.25) is 0 Å². The third-order valence-corrected chi connectivity index (χ3v) is 5.24. The minimum atomic E-state index is -1.04. The molecule has 0 spiro atoms. The van der Waals surface area contributed by atoms with Crippen LogP contribution in [0.4, 0.5) is 18.9 Å². The Morgan fingerprint density at radius 3 is 2.61 bits per heavy atom. The summed E-state index contributed by atoms with van der Waals surface area (Å²) >= 11 is 0. The lowest BCUT2D eigenvalue weighted by Gasteiger charge is -2.32. The number of carboxylic acid groups (broad SMARTS) is 1. The van der Waals surface area contributed by atoms with Gasteiger partial charge in [0.1, 0.15) is 29.8 Å².